The SMILES string of the molecule is O=C1CC(OCCC2CCC2)C12CCCC2. The lowest BCUT2D eigenvalue weighted by atomic mass is 9.63. The van der Waals surface area contributed by atoms with E-state index in [1.807, 2.05) is 0 Å². The molecule has 0 heterocycles. The molecule has 3 saturated carbocycles. The van der Waals surface area contributed by atoms with E-state index in [0.717, 1.165) is 25.4 Å². The van der Waals surface area contributed by atoms with E-state index in [9.17, 15) is 4.79 Å². The molecular formula is C14H22O2. The number of ether oxygens (including phenoxy) is 1. The molecule has 0 aromatic rings. The highest BCUT2D eigenvalue weighted by atomic mass is 16.5. The maximum absolute atomic E-state index is 11.7. The van der Waals surface area contributed by atoms with Gasteiger partial charge in [0.1, 0.15) is 5.78 Å². The summed E-state index contributed by atoms with van der Waals surface area (Å²) in [7, 11) is 0. The van der Waals surface area contributed by atoms with Crippen molar-refractivity contribution in [3.63, 3.8) is 0 Å². The van der Waals surface area contributed by atoms with Crippen LogP contribution in [0, 0.1) is 11.3 Å². The third-order valence-electron chi connectivity index (χ3n) is 5.11. The average Bonchev–Trinajstić information content (AvgIpc) is 2.71. The van der Waals surface area contributed by atoms with Crippen molar-refractivity contribution < 1.29 is 9.53 Å². The van der Waals surface area contributed by atoms with Gasteiger partial charge in [0.25, 0.3) is 0 Å². The fourth-order valence-electron chi connectivity index (χ4n) is 3.60. The molecule has 3 fully saturated rings. The Balaban J connectivity index is 1.46. The number of ketones is 1. The summed E-state index contributed by atoms with van der Waals surface area (Å²) in [6, 6.07) is 0. The number of hydrogen-bond donors (Lipinski definition) is 0. The molecule has 1 atom stereocenters. The standard InChI is InChI=1S/C14H22O2/c15-12-10-13(14(12)7-1-2-8-14)16-9-6-11-4-3-5-11/h11,13H,1-10H2. The number of Topliss-reactive ketones (excluding diaryl/α,β-unsaturated/α-hetero) is 1. The second-order valence-electron chi connectivity index (χ2n) is 5.94. The van der Waals surface area contributed by atoms with Gasteiger partial charge in [0.05, 0.1) is 11.5 Å². The first-order valence-corrected chi connectivity index (χ1v) is 6.96. The van der Waals surface area contributed by atoms with E-state index in [1.165, 1.54) is 38.5 Å². The van der Waals surface area contributed by atoms with Crippen molar-refractivity contribution in [2.45, 2.75) is 63.9 Å². The minimum Gasteiger partial charge on any atom is -0.377 e. The molecule has 2 nitrogen and oxygen atoms in total. The molecule has 1 spiro atoms. The van der Waals surface area contributed by atoms with E-state index in [0.29, 0.717) is 12.2 Å². The minimum atomic E-state index is -0.0143. The van der Waals surface area contributed by atoms with Crippen molar-refractivity contribution in [1.82, 2.24) is 0 Å². The van der Waals surface area contributed by atoms with Crippen molar-refractivity contribution in [2.24, 2.45) is 11.3 Å². The summed E-state index contributed by atoms with van der Waals surface area (Å²) in [5, 5.41) is 0. The molecular weight excluding hydrogens is 200 g/mol. The highest BCUT2D eigenvalue weighted by molar-refractivity contribution is 5.92. The number of carbonyl (C=O) groups excluding carboxylic acids is 1. The second kappa shape index (κ2) is 4.14. The predicted octanol–water partition coefficient (Wildman–Crippen LogP) is 3.10. The highest BCUT2D eigenvalue weighted by Crippen LogP contribution is 2.52. The smallest absolute Gasteiger partial charge is 0.144 e. The van der Waals surface area contributed by atoms with Gasteiger partial charge in [-0.25, -0.2) is 0 Å². The average molecular weight is 222 g/mol. The lowest BCUT2D eigenvalue weighted by Gasteiger charge is -2.45. The van der Waals surface area contributed by atoms with E-state index in [1.54, 1.807) is 0 Å². The second-order valence-corrected chi connectivity index (χ2v) is 5.94. The van der Waals surface area contributed by atoms with Crippen LogP contribution in [0.15, 0.2) is 0 Å². The first-order valence-electron chi connectivity index (χ1n) is 6.96. The fourth-order valence-corrected chi connectivity index (χ4v) is 3.60. The predicted molar refractivity (Wildman–Crippen MR) is 62.2 cm³/mol. The Kier molecular flexibility index (Phi) is 2.78. The molecule has 0 aromatic carbocycles. The minimum absolute atomic E-state index is 0.0143. The molecule has 2 heteroatoms. The summed E-state index contributed by atoms with van der Waals surface area (Å²) in [6.45, 7) is 0.893. The Bertz CT molecular complexity index is 274. The summed E-state index contributed by atoms with van der Waals surface area (Å²) in [5.74, 6) is 1.41. The molecule has 0 saturated heterocycles. The molecule has 1 unspecified atom stereocenters. The van der Waals surface area contributed by atoms with Gasteiger partial charge in [-0.3, -0.25) is 4.79 Å². The number of hydrogen-bond acceptors (Lipinski definition) is 2. The molecule has 0 aliphatic heterocycles. The van der Waals surface area contributed by atoms with E-state index >= 15 is 0 Å². The maximum Gasteiger partial charge on any atom is 0.144 e. The van der Waals surface area contributed by atoms with Crippen molar-refractivity contribution in [1.29, 1.82) is 0 Å². The third-order valence-corrected chi connectivity index (χ3v) is 5.11. The van der Waals surface area contributed by atoms with Crippen LogP contribution in [0.2, 0.25) is 0 Å². The number of rotatable bonds is 4. The highest BCUT2D eigenvalue weighted by Gasteiger charge is 2.56. The molecule has 0 amide bonds. The van der Waals surface area contributed by atoms with E-state index in [-0.39, 0.29) is 11.5 Å². The van der Waals surface area contributed by atoms with Crippen molar-refractivity contribution in [3.05, 3.63) is 0 Å². The van der Waals surface area contributed by atoms with Gasteiger partial charge < -0.3 is 4.74 Å². The zero-order valence-electron chi connectivity index (χ0n) is 10.0. The third kappa shape index (κ3) is 1.62. The quantitative estimate of drug-likeness (QED) is 0.730. The molecule has 16 heavy (non-hydrogen) atoms. The van der Waals surface area contributed by atoms with Crippen molar-refractivity contribution >= 4 is 5.78 Å². The maximum atomic E-state index is 11.7. The Morgan fingerprint density at radius 2 is 1.94 bits per heavy atom. The van der Waals surface area contributed by atoms with Crippen molar-refractivity contribution in [3.8, 4) is 0 Å². The van der Waals surface area contributed by atoms with Gasteiger partial charge in [-0.1, -0.05) is 32.1 Å². The molecule has 0 N–H and O–H groups in total. The Morgan fingerprint density at radius 3 is 2.50 bits per heavy atom. The Hall–Kier alpha value is -0.370. The van der Waals surface area contributed by atoms with Crippen LogP contribution in [-0.4, -0.2) is 18.5 Å². The molecule has 3 aliphatic rings. The molecule has 0 bridgehead atoms. The first kappa shape index (κ1) is 10.8. The zero-order chi connectivity index (χ0) is 11.0. The molecule has 3 aliphatic carbocycles. The van der Waals surface area contributed by atoms with E-state index < -0.39 is 0 Å². The van der Waals surface area contributed by atoms with Crippen LogP contribution in [-0.2, 0) is 9.53 Å². The molecule has 3 rings (SSSR count). The number of carbonyl (C=O) groups is 1. The van der Waals surface area contributed by atoms with E-state index in [4.69, 9.17) is 4.74 Å². The normalized spacial score (nSPS) is 32.8. The molecule has 0 aromatic heterocycles. The molecule has 90 valence electrons. The first-order chi connectivity index (χ1) is 7.81. The summed E-state index contributed by atoms with van der Waals surface area (Å²) < 4.78 is 5.97. The van der Waals surface area contributed by atoms with Crippen LogP contribution >= 0.6 is 0 Å². The lowest BCUT2D eigenvalue weighted by Crippen LogP contribution is -2.53. The summed E-state index contributed by atoms with van der Waals surface area (Å²) in [4.78, 5) is 11.7. The van der Waals surface area contributed by atoms with Gasteiger partial charge >= 0.3 is 0 Å². The van der Waals surface area contributed by atoms with Crippen molar-refractivity contribution in [2.75, 3.05) is 6.61 Å². The van der Waals surface area contributed by atoms with Crippen LogP contribution in [0.5, 0.6) is 0 Å². The fraction of sp³-hybridized carbons (Fsp3) is 0.929. The monoisotopic (exact) mass is 222 g/mol. The van der Waals surface area contributed by atoms with Gasteiger partial charge in [-0.05, 0) is 25.2 Å². The van der Waals surface area contributed by atoms with Crippen LogP contribution in [0.3, 0.4) is 0 Å². The van der Waals surface area contributed by atoms with Gasteiger partial charge in [0.15, 0.2) is 0 Å². The Labute approximate surface area is 97.7 Å². The topological polar surface area (TPSA) is 26.3 Å². The zero-order valence-corrected chi connectivity index (χ0v) is 10.0. The van der Waals surface area contributed by atoms with Gasteiger partial charge in [0.2, 0.25) is 0 Å². The lowest BCUT2D eigenvalue weighted by molar-refractivity contribution is -0.163. The van der Waals surface area contributed by atoms with Gasteiger partial charge in [0, 0.05) is 13.0 Å². The largest absolute Gasteiger partial charge is 0.377 e. The van der Waals surface area contributed by atoms with Gasteiger partial charge in [-0.15, -0.1) is 0 Å². The summed E-state index contributed by atoms with van der Waals surface area (Å²) in [6.07, 6.45) is 11.1. The molecule has 0 radical (unpaired) electrons. The van der Waals surface area contributed by atoms with Crippen LogP contribution in [0.4, 0.5) is 0 Å². The summed E-state index contributed by atoms with van der Waals surface area (Å²) >= 11 is 0. The van der Waals surface area contributed by atoms with Crippen LogP contribution in [0.1, 0.15) is 57.8 Å². The summed E-state index contributed by atoms with van der Waals surface area (Å²) in [5.41, 5.74) is -0.0143. The van der Waals surface area contributed by atoms with Gasteiger partial charge in [-0.2, -0.15) is 0 Å². The van der Waals surface area contributed by atoms with Crippen LogP contribution in [0.25, 0.3) is 0 Å². The van der Waals surface area contributed by atoms with Crippen LogP contribution < -0.4 is 0 Å². The Morgan fingerprint density at radius 1 is 1.19 bits per heavy atom. The van der Waals surface area contributed by atoms with E-state index in [2.05, 4.69) is 0 Å².